The van der Waals surface area contributed by atoms with E-state index in [1.165, 1.54) is 0 Å². The van der Waals surface area contributed by atoms with Gasteiger partial charge in [0.2, 0.25) is 11.7 Å². The molecule has 0 amide bonds. The first kappa shape index (κ1) is 12.9. The van der Waals surface area contributed by atoms with Crippen LogP contribution in [0.15, 0.2) is 28.8 Å². The predicted molar refractivity (Wildman–Crippen MR) is 69.7 cm³/mol. The van der Waals surface area contributed by atoms with Crippen LogP contribution in [0.1, 0.15) is 25.7 Å². The zero-order chi connectivity index (χ0) is 12.8. The van der Waals surface area contributed by atoms with Gasteiger partial charge in [0.1, 0.15) is 11.6 Å². The number of hydrogen-bond acceptors (Lipinski definition) is 4. The van der Waals surface area contributed by atoms with Crippen molar-refractivity contribution in [1.82, 2.24) is 10.1 Å². The number of halogens is 1. The van der Waals surface area contributed by atoms with E-state index in [9.17, 15) is 0 Å². The lowest BCUT2D eigenvalue weighted by atomic mass is 10.2. The fraction of sp³-hybridized carbons (Fsp3) is 0.385. The fourth-order valence-electron chi connectivity index (χ4n) is 1.46. The SMILES string of the molecule is CCCCOc1ccc(-c2noc(CCl)n2)cc1. The van der Waals surface area contributed by atoms with Crippen LogP contribution in [0.4, 0.5) is 0 Å². The van der Waals surface area contributed by atoms with Crippen molar-refractivity contribution in [2.75, 3.05) is 6.61 Å². The summed E-state index contributed by atoms with van der Waals surface area (Å²) in [5.74, 6) is 2.06. The summed E-state index contributed by atoms with van der Waals surface area (Å²) in [5.41, 5.74) is 0.887. The van der Waals surface area contributed by atoms with Gasteiger partial charge in [-0.3, -0.25) is 0 Å². The lowest BCUT2D eigenvalue weighted by Crippen LogP contribution is -1.96. The Morgan fingerprint density at radius 3 is 2.67 bits per heavy atom. The van der Waals surface area contributed by atoms with E-state index in [0.29, 0.717) is 11.7 Å². The molecule has 1 aromatic carbocycles. The maximum absolute atomic E-state index is 5.61. The van der Waals surface area contributed by atoms with Crippen LogP contribution in [0.2, 0.25) is 0 Å². The maximum Gasteiger partial charge on any atom is 0.241 e. The molecule has 2 aromatic rings. The lowest BCUT2D eigenvalue weighted by Gasteiger charge is -2.04. The Morgan fingerprint density at radius 2 is 2.06 bits per heavy atom. The van der Waals surface area contributed by atoms with E-state index in [1.807, 2.05) is 24.3 Å². The minimum atomic E-state index is 0.227. The number of hydrogen-bond donors (Lipinski definition) is 0. The second-order valence-corrected chi connectivity index (χ2v) is 4.14. The van der Waals surface area contributed by atoms with Crippen molar-refractivity contribution >= 4 is 11.6 Å². The summed E-state index contributed by atoms with van der Waals surface area (Å²) in [4.78, 5) is 4.15. The molecule has 4 nitrogen and oxygen atoms in total. The van der Waals surface area contributed by atoms with Gasteiger partial charge in [-0.2, -0.15) is 4.98 Å². The van der Waals surface area contributed by atoms with E-state index in [-0.39, 0.29) is 5.88 Å². The summed E-state index contributed by atoms with van der Waals surface area (Å²) in [7, 11) is 0. The van der Waals surface area contributed by atoms with Gasteiger partial charge in [0, 0.05) is 5.56 Å². The molecule has 0 radical (unpaired) electrons. The summed E-state index contributed by atoms with van der Waals surface area (Å²) in [6.45, 7) is 2.88. The Balaban J connectivity index is 2.02. The molecule has 0 fully saturated rings. The van der Waals surface area contributed by atoms with Crippen LogP contribution in [-0.4, -0.2) is 16.7 Å². The molecular formula is C13H15ClN2O2. The summed E-state index contributed by atoms with van der Waals surface area (Å²) < 4.78 is 10.5. The van der Waals surface area contributed by atoms with Crippen molar-refractivity contribution < 1.29 is 9.26 Å². The van der Waals surface area contributed by atoms with Gasteiger partial charge in [-0.05, 0) is 30.7 Å². The number of nitrogens with zero attached hydrogens (tertiary/aromatic N) is 2. The molecule has 5 heteroatoms. The Labute approximate surface area is 111 Å². The third-order valence-corrected chi connectivity index (χ3v) is 2.69. The highest BCUT2D eigenvalue weighted by molar-refractivity contribution is 6.16. The van der Waals surface area contributed by atoms with E-state index in [0.717, 1.165) is 30.8 Å². The predicted octanol–water partition coefficient (Wildman–Crippen LogP) is 3.65. The van der Waals surface area contributed by atoms with E-state index in [2.05, 4.69) is 17.1 Å². The monoisotopic (exact) mass is 266 g/mol. The average Bonchev–Trinajstić information content (AvgIpc) is 2.89. The number of rotatable bonds is 6. The second kappa shape index (κ2) is 6.40. The first-order valence-electron chi connectivity index (χ1n) is 5.95. The molecule has 0 aliphatic heterocycles. The van der Waals surface area contributed by atoms with Gasteiger partial charge in [-0.15, -0.1) is 11.6 Å². The normalized spacial score (nSPS) is 10.6. The molecule has 1 heterocycles. The van der Waals surface area contributed by atoms with E-state index in [4.69, 9.17) is 20.9 Å². The van der Waals surface area contributed by atoms with Crippen LogP contribution in [-0.2, 0) is 5.88 Å². The highest BCUT2D eigenvalue weighted by Gasteiger charge is 2.07. The Kier molecular flexibility index (Phi) is 4.59. The zero-order valence-corrected chi connectivity index (χ0v) is 11.0. The quantitative estimate of drug-likeness (QED) is 0.591. The van der Waals surface area contributed by atoms with Crippen LogP contribution in [0.5, 0.6) is 5.75 Å². The van der Waals surface area contributed by atoms with Gasteiger partial charge < -0.3 is 9.26 Å². The molecule has 96 valence electrons. The molecule has 0 N–H and O–H groups in total. The van der Waals surface area contributed by atoms with Crippen LogP contribution >= 0.6 is 11.6 Å². The van der Waals surface area contributed by atoms with Gasteiger partial charge in [-0.1, -0.05) is 18.5 Å². The number of benzene rings is 1. The Bertz CT molecular complexity index is 482. The number of unbranched alkanes of at least 4 members (excludes halogenated alkanes) is 1. The highest BCUT2D eigenvalue weighted by Crippen LogP contribution is 2.20. The van der Waals surface area contributed by atoms with Gasteiger partial charge in [0.05, 0.1) is 6.61 Å². The third-order valence-electron chi connectivity index (χ3n) is 2.46. The van der Waals surface area contributed by atoms with E-state index < -0.39 is 0 Å². The fourth-order valence-corrected chi connectivity index (χ4v) is 1.57. The van der Waals surface area contributed by atoms with Gasteiger partial charge in [0.25, 0.3) is 0 Å². The summed E-state index contributed by atoms with van der Waals surface area (Å²) >= 11 is 5.61. The number of aromatic nitrogens is 2. The van der Waals surface area contributed by atoms with Gasteiger partial charge >= 0.3 is 0 Å². The molecule has 0 saturated carbocycles. The van der Waals surface area contributed by atoms with Crippen LogP contribution < -0.4 is 4.74 Å². The molecule has 0 saturated heterocycles. The summed E-state index contributed by atoms with van der Waals surface area (Å²) in [6.07, 6.45) is 2.19. The zero-order valence-electron chi connectivity index (χ0n) is 10.2. The van der Waals surface area contributed by atoms with Crippen LogP contribution in [0.3, 0.4) is 0 Å². The molecule has 0 aliphatic carbocycles. The molecule has 0 aliphatic rings. The van der Waals surface area contributed by atoms with Gasteiger partial charge in [-0.25, -0.2) is 0 Å². The molecule has 0 atom stereocenters. The van der Waals surface area contributed by atoms with E-state index >= 15 is 0 Å². The molecule has 0 bridgehead atoms. The number of alkyl halides is 1. The molecule has 0 spiro atoms. The molecule has 2 rings (SSSR count). The molecule has 18 heavy (non-hydrogen) atoms. The van der Waals surface area contributed by atoms with Crippen molar-refractivity contribution in [3.63, 3.8) is 0 Å². The average molecular weight is 267 g/mol. The van der Waals surface area contributed by atoms with Crippen LogP contribution in [0.25, 0.3) is 11.4 Å². The van der Waals surface area contributed by atoms with E-state index in [1.54, 1.807) is 0 Å². The molecular weight excluding hydrogens is 252 g/mol. The highest BCUT2D eigenvalue weighted by atomic mass is 35.5. The maximum atomic E-state index is 5.61. The van der Waals surface area contributed by atoms with Gasteiger partial charge in [0.15, 0.2) is 0 Å². The number of ether oxygens (including phenoxy) is 1. The lowest BCUT2D eigenvalue weighted by molar-refractivity contribution is 0.309. The van der Waals surface area contributed by atoms with Crippen molar-refractivity contribution in [1.29, 1.82) is 0 Å². The largest absolute Gasteiger partial charge is 0.494 e. The van der Waals surface area contributed by atoms with Crippen molar-refractivity contribution in [3.05, 3.63) is 30.2 Å². The van der Waals surface area contributed by atoms with Crippen molar-refractivity contribution in [2.45, 2.75) is 25.6 Å². The summed E-state index contributed by atoms with van der Waals surface area (Å²) in [6, 6.07) is 7.62. The summed E-state index contributed by atoms with van der Waals surface area (Å²) in [5, 5.41) is 3.85. The standard InChI is InChI=1S/C13H15ClN2O2/c1-2-3-8-17-11-6-4-10(5-7-11)13-15-12(9-14)18-16-13/h4-7H,2-3,8-9H2,1H3. The van der Waals surface area contributed by atoms with Crippen LogP contribution in [0, 0.1) is 0 Å². The first-order chi connectivity index (χ1) is 8.83. The first-order valence-corrected chi connectivity index (χ1v) is 6.48. The third kappa shape index (κ3) is 3.23. The smallest absolute Gasteiger partial charge is 0.241 e. The second-order valence-electron chi connectivity index (χ2n) is 3.87. The molecule has 1 aromatic heterocycles. The Morgan fingerprint density at radius 1 is 1.28 bits per heavy atom. The Hall–Kier alpha value is -1.55. The minimum absolute atomic E-state index is 0.227. The minimum Gasteiger partial charge on any atom is -0.494 e. The molecule has 0 unspecified atom stereocenters. The van der Waals surface area contributed by atoms with Crippen molar-refractivity contribution in [3.8, 4) is 17.1 Å². The van der Waals surface area contributed by atoms with Crippen molar-refractivity contribution in [2.24, 2.45) is 0 Å². The topological polar surface area (TPSA) is 48.2 Å².